The second-order valence-electron chi connectivity index (χ2n) is 8.34. The molecule has 3 aromatic heterocycles. The molecule has 1 aliphatic carbocycles. The fourth-order valence-electron chi connectivity index (χ4n) is 4.42. The van der Waals surface area contributed by atoms with Crippen LogP contribution < -0.4 is 10.6 Å². The van der Waals surface area contributed by atoms with Gasteiger partial charge in [-0.1, -0.05) is 60.7 Å². The van der Waals surface area contributed by atoms with Crippen LogP contribution in [-0.2, 0) is 11.3 Å². The molecule has 4 heterocycles. The summed E-state index contributed by atoms with van der Waals surface area (Å²) in [5.74, 6) is 0.763. The van der Waals surface area contributed by atoms with Crippen molar-refractivity contribution in [1.29, 1.82) is 0 Å². The van der Waals surface area contributed by atoms with Crippen LogP contribution in [0, 0.1) is 5.92 Å². The number of anilines is 1. The van der Waals surface area contributed by atoms with Gasteiger partial charge in [-0.05, 0) is 17.7 Å². The summed E-state index contributed by atoms with van der Waals surface area (Å²) in [5, 5.41) is 11.1. The molecule has 6 rings (SSSR count). The van der Waals surface area contributed by atoms with Crippen LogP contribution in [0.3, 0.4) is 0 Å². The molecule has 166 valence electrons. The summed E-state index contributed by atoms with van der Waals surface area (Å²) < 4.78 is 1.79. The van der Waals surface area contributed by atoms with E-state index in [1.54, 1.807) is 16.9 Å². The van der Waals surface area contributed by atoms with Gasteiger partial charge in [0, 0.05) is 47.6 Å². The molecule has 34 heavy (non-hydrogen) atoms. The molecule has 0 spiro atoms. The molecule has 2 N–H and O–H groups in total. The highest BCUT2D eigenvalue weighted by molar-refractivity contribution is 6.02. The number of benzene rings is 1. The second kappa shape index (κ2) is 8.44. The van der Waals surface area contributed by atoms with Gasteiger partial charge in [-0.15, -0.1) is 0 Å². The number of nitrogens with zero attached hydrogens (tertiary/aromatic N) is 4. The van der Waals surface area contributed by atoms with Gasteiger partial charge in [0.25, 0.3) is 0 Å². The van der Waals surface area contributed by atoms with Crippen LogP contribution in [0.15, 0.2) is 97.0 Å². The van der Waals surface area contributed by atoms with Gasteiger partial charge in [-0.2, -0.15) is 9.61 Å². The minimum Gasteiger partial charge on any atom is -0.366 e. The minimum absolute atomic E-state index is 0.00450. The molecule has 7 nitrogen and oxygen atoms in total. The first kappa shape index (κ1) is 20.1. The summed E-state index contributed by atoms with van der Waals surface area (Å²) in [5.41, 5.74) is 5.11. The van der Waals surface area contributed by atoms with E-state index < -0.39 is 0 Å². The quantitative estimate of drug-likeness (QED) is 0.452. The van der Waals surface area contributed by atoms with Crippen LogP contribution in [0.5, 0.6) is 0 Å². The smallest absolute Gasteiger partial charge is 0.248 e. The third-order valence-electron chi connectivity index (χ3n) is 6.13. The number of hydrogen-bond acceptors (Lipinski definition) is 5. The van der Waals surface area contributed by atoms with E-state index in [0.29, 0.717) is 12.2 Å². The maximum Gasteiger partial charge on any atom is 0.248 e. The average molecular weight is 447 g/mol. The van der Waals surface area contributed by atoms with Gasteiger partial charge in [0.05, 0.1) is 17.9 Å². The maximum atomic E-state index is 12.7. The molecule has 1 aromatic carbocycles. The van der Waals surface area contributed by atoms with Crippen LogP contribution in [0.1, 0.15) is 11.1 Å². The van der Waals surface area contributed by atoms with Crippen molar-refractivity contribution in [2.45, 2.75) is 12.6 Å². The summed E-state index contributed by atoms with van der Waals surface area (Å²) >= 11 is 0. The summed E-state index contributed by atoms with van der Waals surface area (Å²) in [6.07, 6.45) is 15.3. The molecule has 2 aliphatic rings. The van der Waals surface area contributed by atoms with Crippen LogP contribution in [0.2, 0.25) is 0 Å². The lowest BCUT2D eigenvalue weighted by Gasteiger charge is -2.14. The third kappa shape index (κ3) is 3.67. The van der Waals surface area contributed by atoms with Crippen molar-refractivity contribution >= 4 is 23.4 Å². The third-order valence-corrected chi connectivity index (χ3v) is 6.13. The van der Waals surface area contributed by atoms with Crippen molar-refractivity contribution in [3.05, 3.63) is 108 Å². The Balaban J connectivity index is 1.44. The first-order valence-electron chi connectivity index (χ1n) is 11.2. The van der Waals surface area contributed by atoms with Crippen molar-refractivity contribution in [2.75, 3.05) is 5.32 Å². The molecule has 2 unspecified atom stereocenters. The number of nitrogens with one attached hydrogen (secondary N) is 2. The zero-order valence-corrected chi connectivity index (χ0v) is 18.3. The molecular weight excluding hydrogens is 424 g/mol. The van der Waals surface area contributed by atoms with E-state index in [1.807, 2.05) is 79.0 Å². The van der Waals surface area contributed by atoms with Gasteiger partial charge in [-0.3, -0.25) is 9.78 Å². The van der Waals surface area contributed by atoms with Gasteiger partial charge in [0.2, 0.25) is 5.91 Å². The second-order valence-corrected chi connectivity index (χ2v) is 8.34. The Kier molecular flexibility index (Phi) is 4.99. The zero-order chi connectivity index (χ0) is 22.9. The maximum absolute atomic E-state index is 12.7. The zero-order valence-electron chi connectivity index (χ0n) is 18.3. The lowest BCUT2D eigenvalue weighted by atomic mass is 9.91. The molecule has 1 aliphatic heterocycles. The van der Waals surface area contributed by atoms with E-state index >= 15 is 0 Å². The number of hydrogen-bond donors (Lipinski definition) is 2. The summed E-state index contributed by atoms with van der Waals surface area (Å²) in [6.45, 7) is 0.598. The van der Waals surface area contributed by atoms with Crippen LogP contribution in [0.25, 0.3) is 23.0 Å². The fraction of sp³-hybridized carbons (Fsp3) is 0.111. The summed E-state index contributed by atoms with van der Waals surface area (Å²) in [6, 6.07) is 16.0. The van der Waals surface area contributed by atoms with E-state index in [4.69, 9.17) is 4.98 Å². The molecule has 2 atom stereocenters. The lowest BCUT2D eigenvalue weighted by Crippen LogP contribution is -2.26. The van der Waals surface area contributed by atoms with Crippen LogP contribution >= 0.6 is 0 Å². The van der Waals surface area contributed by atoms with E-state index in [-0.39, 0.29) is 17.9 Å². The number of carbonyl (C=O) groups is 1. The van der Waals surface area contributed by atoms with Gasteiger partial charge in [0.15, 0.2) is 5.65 Å². The first-order valence-corrected chi connectivity index (χ1v) is 11.2. The Morgan fingerprint density at radius 2 is 1.94 bits per heavy atom. The number of carbonyl (C=O) groups excluding carboxylic acids is 1. The van der Waals surface area contributed by atoms with Crippen LogP contribution in [-0.4, -0.2) is 31.5 Å². The van der Waals surface area contributed by atoms with Crippen molar-refractivity contribution in [1.82, 2.24) is 24.9 Å². The number of amides is 1. The van der Waals surface area contributed by atoms with Crippen molar-refractivity contribution in [3.8, 4) is 11.3 Å². The number of rotatable bonds is 5. The minimum atomic E-state index is -0.0558. The largest absolute Gasteiger partial charge is 0.366 e. The Labute approximate surface area is 196 Å². The molecule has 0 bridgehead atoms. The molecule has 1 amide bonds. The number of fused-ring (bicyclic) bond motifs is 2. The van der Waals surface area contributed by atoms with E-state index in [0.717, 1.165) is 33.8 Å². The van der Waals surface area contributed by atoms with Crippen molar-refractivity contribution in [3.63, 3.8) is 0 Å². The van der Waals surface area contributed by atoms with Gasteiger partial charge >= 0.3 is 0 Å². The molecule has 1 fully saturated rings. The fourth-order valence-corrected chi connectivity index (χ4v) is 4.42. The SMILES string of the molecule is O=C1NC2C=CC=CC2/C1=C/c1cnn2c(NCc3cccnc3)cc(-c3ccccc3)nc12. The molecule has 0 radical (unpaired) electrons. The van der Waals surface area contributed by atoms with E-state index in [1.165, 1.54) is 0 Å². The number of pyridine rings is 1. The van der Waals surface area contributed by atoms with Crippen LogP contribution in [0.4, 0.5) is 5.82 Å². The molecule has 7 heteroatoms. The van der Waals surface area contributed by atoms with Crippen molar-refractivity contribution in [2.24, 2.45) is 5.92 Å². The highest BCUT2D eigenvalue weighted by atomic mass is 16.2. The predicted octanol–water partition coefficient (Wildman–Crippen LogP) is 4.03. The normalized spacial score (nSPS) is 20.0. The standard InChI is InChI=1S/C27H22N6O/c34-27-22(21-10-4-5-11-23(21)32-27)13-20-17-30-33-25(29-16-18-7-6-12-28-15-18)14-24(31-26(20)33)19-8-2-1-3-9-19/h1-15,17,21,23,29H,16H2,(H,32,34)/b22-13-. The number of aromatic nitrogens is 4. The Morgan fingerprint density at radius 1 is 1.06 bits per heavy atom. The number of allylic oxidation sites excluding steroid dienone is 2. The van der Waals surface area contributed by atoms with Gasteiger partial charge in [0.1, 0.15) is 5.82 Å². The molecule has 4 aromatic rings. The molecule has 1 saturated heterocycles. The van der Waals surface area contributed by atoms with Gasteiger partial charge in [-0.25, -0.2) is 4.98 Å². The average Bonchev–Trinajstić information content (AvgIpc) is 3.44. The predicted molar refractivity (Wildman–Crippen MR) is 132 cm³/mol. The molecule has 0 saturated carbocycles. The highest BCUT2D eigenvalue weighted by Crippen LogP contribution is 2.31. The van der Waals surface area contributed by atoms with Crippen molar-refractivity contribution < 1.29 is 4.79 Å². The Hall–Kier alpha value is -4.52. The summed E-state index contributed by atoms with van der Waals surface area (Å²) in [4.78, 5) is 21.8. The lowest BCUT2D eigenvalue weighted by molar-refractivity contribution is -0.116. The first-order chi connectivity index (χ1) is 16.8. The Morgan fingerprint density at radius 3 is 2.79 bits per heavy atom. The summed E-state index contributed by atoms with van der Waals surface area (Å²) in [7, 11) is 0. The van der Waals surface area contributed by atoms with Gasteiger partial charge < -0.3 is 10.6 Å². The van der Waals surface area contributed by atoms with E-state index in [2.05, 4.69) is 26.8 Å². The highest BCUT2D eigenvalue weighted by Gasteiger charge is 2.35. The Bertz CT molecular complexity index is 1450. The van der Waals surface area contributed by atoms with E-state index in [9.17, 15) is 4.79 Å². The molecular formula is C27H22N6O. The topological polar surface area (TPSA) is 84.2 Å². The monoisotopic (exact) mass is 446 g/mol.